The van der Waals surface area contributed by atoms with E-state index < -0.39 is 11.7 Å². The summed E-state index contributed by atoms with van der Waals surface area (Å²) in [5.74, 6) is 0. The third-order valence-corrected chi connectivity index (χ3v) is 3.15. The van der Waals surface area contributed by atoms with Crippen LogP contribution in [0.15, 0.2) is 60.8 Å². The van der Waals surface area contributed by atoms with Gasteiger partial charge in [0.05, 0.1) is 11.1 Å². The minimum absolute atomic E-state index is 0.508. The number of benzene rings is 2. The maximum Gasteiger partial charge on any atom is 0.416 e. The van der Waals surface area contributed by atoms with Gasteiger partial charge in [-0.25, -0.2) is 0 Å². The van der Waals surface area contributed by atoms with E-state index in [0.29, 0.717) is 10.9 Å². The van der Waals surface area contributed by atoms with Gasteiger partial charge in [-0.05, 0) is 35.4 Å². The van der Waals surface area contributed by atoms with E-state index in [1.165, 1.54) is 6.07 Å². The summed E-state index contributed by atoms with van der Waals surface area (Å²) < 4.78 is 38.5. The fraction of sp³-hybridized carbons (Fsp3) is 0.0625. The number of fused-ring (bicyclic) bond motifs is 1. The van der Waals surface area contributed by atoms with Crippen LogP contribution < -0.4 is 0 Å². The fourth-order valence-corrected chi connectivity index (χ4v) is 2.19. The molecule has 1 aromatic heterocycles. The molecule has 0 aliphatic carbocycles. The van der Waals surface area contributed by atoms with Crippen LogP contribution in [-0.2, 0) is 6.18 Å². The van der Waals surface area contributed by atoms with Crippen molar-refractivity contribution in [3.8, 4) is 11.1 Å². The molecule has 1 heterocycles. The minimum atomic E-state index is -4.35. The van der Waals surface area contributed by atoms with Crippen LogP contribution in [0.4, 0.5) is 13.2 Å². The van der Waals surface area contributed by atoms with Crippen molar-refractivity contribution in [1.29, 1.82) is 0 Å². The Morgan fingerprint density at radius 2 is 1.60 bits per heavy atom. The average molecular weight is 273 g/mol. The summed E-state index contributed by atoms with van der Waals surface area (Å²) in [5, 5.41) is 0.508. The molecule has 0 fully saturated rings. The summed E-state index contributed by atoms with van der Waals surface area (Å²) in [7, 11) is 0. The average Bonchev–Trinajstić information content (AvgIpc) is 2.46. The van der Waals surface area contributed by atoms with Crippen molar-refractivity contribution < 1.29 is 13.2 Å². The van der Waals surface area contributed by atoms with Crippen LogP contribution in [0.3, 0.4) is 0 Å². The monoisotopic (exact) mass is 273 g/mol. The van der Waals surface area contributed by atoms with Gasteiger partial charge in [0.25, 0.3) is 0 Å². The Morgan fingerprint density at radius 3 is 2.30 bits per heavy atom. The maximum absolute atomic E-state index is 12.8. The van der Waals surface area contributed by atoms with Gasteiger partial charge < -0.3 is 0 Å². The molecule has 1 nitrogen and oxygen atoms in total. The molecule has 0 aliphatic heterocycles. The van der Waals surface area contributed by atoms with Crippen molar-refractivity contribution >= 4 is 10.9 Å². The van der Waals surface area contributed by atoms with Crippen LogP contribution in [0, 0.1) is 0 Å². The fourth-order valence-electron chi connectivity index (χ4n) is 2.19. The Kier molecular flexibility index (Phi) is 2.93. The quantitative estimate of drug-likeness (QED) is 0.613. The normalized spacial score (nSPS) is 11.8. The predicted octanol–water partition coefficient (Wildman–Crippen LogP) is 4.92. The number of nitrogens with zero attached hydrogens (tertiary/aromatic N) is 1. The molecular formula is C16H10F3N. The summed E-state index contributed by atoms with van der Waals surface area (Å²) in [6.07, 6.45) is -2.74. The minimum Gasteiger partial charge on any atom is -0.256 e. The van der Waals surface area contributed by atoms with Gasteiger partial charge >= 0.3 is 6.18 Å². The topological polar surface area (TPSA) is 12.9 Å². The van der Waals surface area contributed by atoms with Crippen LogP contribution in [0.5, 0.6) is 0 Å². The second-order valence-corrected chi connectivity index (χ2v) is 4.45. The van der Waals surface area contributed by atoms with Gasteiger partial charge in [0, 0.05) is 11.6 Å². The molecule has 0 spiro atoms. The number of aromatic nitrogens is 1. The highest BCUT2D eigenvalue weighted by Crippen LogP contribution is 2.34. The molecule has 3 aromatic rings. The van der Waals surface area contributed by atoms with E-state index in [1.54, 1.807) is 12.3 Å². The highest BCUT2D eigenvalue weighted by Gasteiger charge is 2.30. The smallest absolute Gasteiger partial charge is 0.256 e. The van der Waals surface area contributed by atoms with E-state index in [2.05, 4.69) is 4.98 Å². The maximum atomic E-state index is 12.8. The summed E-state index contributed by atoms with van der Waals surface area (Å²) in [6.45, 7) is 0. The van der Waals surface area contributed by atoms with Crippen molar-refractivity contribution in [2.24, 2.45) is 0 Å². The SMILES string of the molecule is FC(F)(F)c1ccc2nccc(-c3ccccc3)c2c1. The number of rotatable bonds is 1. The van der Waals surface area contributed by atoms with Crippen LogP contribution in [-0.4, -0.2) is 4.98 Å². The highest BCUT2D eigenvalue weighted by molar-refractivity contribution is 5.94. The first-order valence-electron chi connectivity index (χ1n) is 6.07. The third kappa shape index (κ3) is 2.25. The number of pyridine rings is 1. The third-order valence-electron chi connectivity index (χ3n) is 3.15. The van der Waals surface area contributed by atoms with Gasteiger partial charge in [-0.2, -0.15) is 13.2 Å². The van der Waals surface area contributed by atoms with Crippen molar-refractivity contribution in [1.82, 2.24) is 4.98 Å². The molecule has 0 saturated carbocycles. The van der Waals surface area contributed by atoms with E-state index >= 15 is 0 Å². The van der Waals surface area contributed by atoms with Gasteiger partial charge in [-0.15, -0.1) is 0 Å². The molecule has 4 heteroatoms. The summed E-state index contributed by atoms with van der Waals surface area (Å²) in [5.41, 5.74) is 1.52. The molecule has 0 N–H and O–H groups in total. The second kappa shape index (κ2) is 4.63. The Labute approximate surface area is 113 Å². The van der Waals surface area contributed by atoms with Crippen molar-refractivity contribution in [2.45, 2.75) is 6.18 Å². The second-order valence-electron chi connectivity index (χ2n) is 4.45. The van der Waals surface area contributed by atoms with E-state index in [9.17, 15) is 13.2 Å². The zero-order valence-corrected chi connectivity index (χ0v) is 10.4. The number of hydrogen-bond donors (Lipinski definition) is 0. The molecule has 3 rings (SSSR count). The van der Waals surface area contributed by atoms with Gasteiger partial charge in [-0.1, -0.05) is 30.3 Å². The molecule has 0 aliphatic rings. The Morgan fingerprint density at radius 1 is 0.850 bits per heavy atom. The lowest BCUT2D eigenvalue weighted by Gasteiger charge is -2.10. The molecule has 0 unspecified atom stereocenters. The van der Waals surface area contributed by atoms with Crippen molar-refractivity contribution in [3.63, 3.8) is 0 Å². The molecule has 0 radical (unpaired) electrons. The lowest BCUT2D eigenvalue weighted by Crippen LogP contribution is -2.04. The van der Waals surface area contributed by atoms with E-state index in [-0.39, 0.29) is 0 Å². The van der Waals surface area contributed by atoms with Crippen LogP contribution >= 0.6 is 0 Å². The number of hydrogen-bond acceptors (Lipinski definition) is 1. The zero-order chi connectivity index (χ0) is 14.2. The molecule has 2 aromatic carbocycles. The Balaban J connectivity index is 2.28. The van der Waals surface area contributed by atoms with Crippen LogP contribution in [0.1, 0.15) is 5.56 Å². The molecular weight excluding hydrogens is 263 g/mol. The molecule has 0 bridgehead atoms. The van der Waals surface area contributed by atoms with E-state index in [1.807, 2.05) is 30.3 Å². The first-order valence-corrected chi connectivity index (χ1v) is 6.07. The van der Waals surface area contributed by atoms with Gasteiger partial charge in [-0.3, -0.25) is 4.98 Å². The standard InChI is InChI=1S/C16H10F3N/c17-16(18,19)12-6-7-15-14(10-12)13(8-9-20-15)11-4-2-1-3-5-11/h1-10H. The first-order chi connectivity index (χ1) is 9.55. The Hall–Kier alpha value is -2.36. The van der Waals surface area contributed by atoms with Gasteiger partial charge in [0.15, 0.2) is 0 Å². The number of alkyl halides is 3. The van der Waals surface area contributed by atoms with E-state index in [4.69, 9.17) is 0 Å². The van der Waals surface area contributed by atoms with Crippen LogP contribution in [0.2, 0.25) is 0 Å². The molecule has 100 valence electrons. The lowest BCUT2D eigenvalue weighted by atomic mass is 10.00. The molecule has 20 heavy (non-hydrogen) atoms. The molecule has 0 atom stereocenters. The summed E-state index contributed by atoms with van der Waals surface area (Å²) in [4.78, 5) is 4.12. The van der Waals surface area contributed by atoms with E-state index in [0.717, 1.165) is 23.3 Å². The lowest BCUT2D eigenvalue weighted by molar-refractivity contribution is -0.137. The van der Waals surface area contributed by atoms with Crippen LogP contribution in [0.25, 0.3) is 22.0 Å². The molecule has 0 saturated heterocycles. The molecule has 0 amide bonds. The summed E-state index contributed by atoms with van der Waals surface area (Å²) in [6, 6.07) is 14.7. The summed E-state index contributed by atoms with van der Waals surface area (Å²) >= 11 is 0. The predicted molar refractivity (Wildman–Crippen MR) is 72.2 cm³/mol. The largest absolute Gasteiger partial charge is 0.416 e. The van der Waals surface area contributed by atoms with Gasteiger partial charge in [0.1, 0.15) is 0 Å². The zero-order valence-electron chi connectivity index (χ0n) is 10.4. The van der Waals surface area contributed by atoms with Gasteiger partial charge in [0.2, 0.25) is 0 Å². The highest BCUT2D eigenvalue weighted by atomic mass is 19.4. The number of halogens is 3. The Bertz CT molecular complexity index is 749. The van der Waals surface area contributed by atoms with Crippen molar-refractivity contribution in [3.05, 3.63) is 66.4 Å². The van der Waals surface area contributed by atoms with Crippen molar-refractivity contribution in [2.75, 3.05) is 0 Å². The first kappa shape index (κ1) is 12.7.